The number of alkyl halides is 3. The highest BCUT2D eigenvalue weighted by molar-refractivity contribution is 5.82. The summed E-state index contributed by atoms with van der Waals surface area (Å²) in [6.07, 6.45) is -0.0881. The van der Waals surface area contributed by atoms with Crippen LogP contribution in [0.2, 0.25) is 0 Å². The zero-order chi connectivity index (χ0) is 28.3. The van der Waals surface area contributed by atoms with E-state index in [1.807, 2.05) is 28.1 Å². The Morgan fingerprint density at radius 3 is 2.55 bits per heavy atom. The predicted molar refractivity (Wildman–Crippen MR) is 150 cm³/mol. The number of pyridine rings is 1. The summed E-state index contributed by atoms with van der Waals surface area (Å²) in [6, 6.07) is 15.7. The Morgan fingerprint density at radius 2 is 1.82 bits per heavy atom. The smallest absolute Gasteiger partial charge is 0.368 e. The Kier molecular flexibility index (Phi) is 8.42. The Balaban J connectivity index is 1.25. The molecule has 2 fully saturated rings. The minimum Gasteiger partial charge on any atom is -0.368 e. The first kappa shape index (κ1) is 28.1. The molecule has 0 saturated carbocycles. The maximum absolute atomic E-state index is 13.8. The zero-order valence-corrected chi connectivity index (χ0v) is 23.0. The summed E-state index contributed by atoms with van der Waals surface area (Å²) in [5.74, 6) is 0.0867. The number of carbonyl (C=O) groups excluding carboxylic acids is 1. The van der Waals surface area contributed by atoms with Gasteiger partial charge in [-0.2, -0.15) is 13.2 Å². The molecule has 6 nitrogen and oxygen atoms in total. The van der Waals surface area contributed by atoms with Crippen LogP contribution in [0.15, 0.2) is 67.0 Å². The summed E-state index contributed by atoms with van der Waals surface area (Å²) >= 11 is 0. The Hall–Kier alpha value is -3.43. The molecule has 40 heavy (non-hydrogen) atoms. The lowest BCUT2D eigenvalue weighted by atomic mass is 10.0. The van der Waals surface area contributed by atoms with Crippen molar-refractivity contribution in [2.45, 2.75) is 51.6 Å². The lowest BCUT2D eigenvalue weighted by Gasteiger charge is -2.38. The van der Waals surface area contributed by atoms with Gasteiger partial charge in [0.2, 0.25) is 5.91 Å². The van der Waals surface area contributed by atoms with Gasteiger partial charge in [0.1, 0.15) is 0 Å². The molecule has 0 radical (unpaired) electrons. The molecule has 0 spiro atoms. The highest BCUT2D eigenvalue weighted by Gasteiger charge is 2.39. The number of aryl methyl sites for hydroxylation is 2. The molecule has 3 aromatic rings. The third-order valence-electron chi connectivity index (χ3n) is 8.01. The molecule has 5 rings (SSSR count). The maximum atomic E-state index is 13.8. The summed E-state index contributed by atoms with van der Waals surface area (Å²) in [4.78, 5) is 24.1. The molecular formula is C31H36F3N5O. The van der Waals surface area contributed by atoms with E-state index in [-0.39, 0.29) is 18.0 Å². The summed E-state index contributed by atoms with van der Waals surface area (Å²) in [7, 11) is 0. The molecule has 0 unspecified atom stereocenters. The van der Waals surface area contributed by atoms with Crippen molar-refractivity contribution in [3.05, 3.63) is 94.8 Å². The number of benzene rings is 2. The van der Waals surface area contributed by atoms with Crippen molar-refractivity contribution in [2.75, 3.05) is 37.6 Å². The molecule has 3 heterocycles. The third kappa shape index (κ3) is 6.64. The van der Waals surface area contributed by atoms with E-state index >= 15 is 0 Å². The number of nitrogens with zero attached hydrogens (tertiary/aromatic N) is 4. The van der Waals surface area contributed by atoms with Crippen LogP contribution in [0.4, 0.5) is 18.9 Å². The summed E-state index contributed by atoms with van der Waals surface area (Å²) < 4.78 is 39.6. The van der Waals surface area contributed by atoms with Crippen LogP contribution in [0.3, 0.4) is 0 Å². The van der Waals surface area contributed by atoms with Gasteiger partial charge in [0.05, 0.1) is 11.6 Å². The average molecular weight is 552 g/mol. The van der Waals surface area contributed by atoms with Gasteiger partial charge in [-0.05, 0) is 61.2 Å². The van der Waals surface area contributed by atoms with E-state index in [1.165, 1.54) is 28.8 Å². The molecule has 0 bridgehead atoms. The fourth-order valence-corrected chi connectivity index (χ4v) is 5.73. The van der Waals surface area contributed by atoms with Crippen molar-refractivity contribution >= 4 is 11.6 Å². The van der Waals surface area contributed by atoms with Crippen molar-refractivity contribution in [3.8, 4) is 0 Å². The topological polar surface area (TPSA) is 51.7 Å². The van der Waals surface area contributed by atoms with Gasteiger partial charge in [-0.1, -0.05) is 35.9 Å². The summed E-state index contributed by atoms with van der Waals surface area (Å²) in [6.45, 7) is 8.29. The van der Waals surface area contributed by atoms with Crippen LogP contribution >= 0.6 is 0 Å². The molecule has 2 aliphatic heterocycles. The molecule has 2 saturated heterocycles. The number of piperazine rings is 1. The third-order valence-corrected chi connectivity index (χ3v) is 8.01. The lowest BCUT2D eigenvalue weighted by molar-refractivity contribution is -0.137. The SMILES string of the molecule is Cc1ccc(C)c(CN[C@@H]2C[C@@H](C(=O)N3CCN(c4cccc(C(F)(F)F)c4)CC3)N(Cc3cccnc3)C2)c1. The fourth-order valence-electron chi connectivity index (χ4n) is 5.73. The molecule has 1 N–H and O–H groups in total. The largest absolute Gasteiger partial charge is 0.416 e. The maximum Gasteiger partial charge on any atom is 0.416 e. The van der Waals surface area contributed by atoms with Crippen LogP contribution < -0.4 is 10.2 Å². The second-order valence-corrected chi connectivity index (χ2v) is 10.9. The number of halogens is 3. The van der Waals surface area contributed by atoms with E-state index in [0.717, 1.165) is 24.7 Å². The monoisotopic (exact) mass is 551 g/mol. The summed E-state index contributed by atoms with van der Waals surface area (Å²) in [5, 5.41) is 3.69. The fraction of sp³-hybridized carbons (Fsp3) is 0.419. The Morgan fingerprint density at radius 1 is 1.02 bits per heavy atom. The number of carbonyl (C=O) groups is 1. The van der Waals surface area contributed by atoms with Crippen molar-refractivity contribution < 1.29 is 18.0 Å². The van der Waals surface area contributed by atoms with Crippen LogP contribution in [0.5, 0.6) is 0 Å². The van der Waals surface area contributed by atoms with Crippen molar-refractivity contribution in [1.82, 2.24) is 20.1 Å². The Labute approximate surface area is 233 Å². The highest BCUT2D eigenvalue weighted by Crippen LogP contribution is 2.32. The van der Waals surface area contributed by atoms with E-state index in [2.05, 4.69) is 47.2 Å². The first-order valence-electron chi connectivity index (χ1n) is 13.8. The van der Waals surface area contributed by atoms with Gasteiger partial charge < -0.3 is 15.1 Å². The van der Waals surface area contributed by atoms with Crippen LogP contribution in [0, 0.1) is 13.8 Å². The number of hydrogen-bond acceptors (Lipinski definition) is 5. The van der Waals surface area contributed by atoms with Crippen molar-refractivity contribution in [2.24, 2.45) is 0 Å². The van der Waals surface area contributed by atoms with Gasteiger partial charge in [-0.15, -0.1) is 0 Å². The minimum absolute atomic E-state index is 0.0867. The van der Waals surface area contributed by atoms with Gasteiger partial charge in [0.15, 0.2) is 0 Å². The van der Waals surface area contributed by atoms with E-state index < -0.39 is 11.7 Å². The molecular weight excluding hydrogens is 515 g/mol. The normalized spacial score (nSPS) is 20.2. The number of rotatable bonds is 7. The molecule has 212 valence electrons. The van der Waals surface area contributed by atoms with Gasteiger partial charge in [-0.25, -0.2) is 0 Å². The van der Waals surface area contributed by atoms with E-state index in [1.54, 1.807) is 12.3 Å². The zero-order valence-electron chi connectivity index (χ0n) is 23.0. The number of anilines is 1. The molecule has 2 atom stereocenters. The number of amides is 1. The molecule has 0 aliphatic carbocycles. The van der Waals surface area contributed by atoms with E-state index in [4.69, 9.17) is 0 Å². The number of likely N-dealkylation sites (tertiary alicyclic amines) is 1. The molecule has 1 aromatic heterocycles. The van der Waals surface area contributed by atoms with Crippen LogP contribution in [0.25, 0.3) is 0 Å². The van der Waals surface area contributed by atoms with Crippen molar-refractivity contribution in [3.63, 3.8) is 0 Å². The number of nitrogens with one attached hydrogen (secondary N) is 1. The number of aromatic nitrogens is 1. The van der Waals surface area contributed by atoms with Crippen LogP contribution in [-0.4, -0.2) is 65.5 Å². The first-order chi connectivity index (χ1) is 19.2. The second kappa shape index (κ2) is 12.0. The van der Waals surface area contributed by atoms with Gasteiger partial charge in [0.25, 0.3) is 0 Å². The predicted octanol–water partition coefficient (Wildman–Crippen LogP) is 4.80. The standard InChI is InChI=1S/C31H36F3N5O/c1-22-8-9-23(2)25(15-22)19-36-27-17-29(39(21-27)20-24-5-4-10-35-18-24)30(40)38-13-11-37(12-14-38)28-7-3-6-26(16-28)31(32,33)34/h3-10,15-16,18,27,29,36H,11-14,17,19-21H2,1-2H3/t27-,29+/m1/s1. The van der Waals surface area contributed by atoms with E-state index in [0.29, 0.717) is 44.8 Å². The van der Waals surface area contributed by atoms with Gasteiger partial charge in [-0.3, -0.25) is 14.7 Å². The molecule has 1 amide bonds. The first-order valence-corrected chi connectivity index (χ1v) is 13.8. The molecule has 2 aliphatic rings. The van der Waals surface area contributed by atoms with Crippen molar-refractivity contribution in [1.29, 1.82) is 0 Å². The lowest BCUT2D eigenvalue weighted by Crippen LogP contribution is -2.53. The molecule has 2 aromatic carbocycles. The number of hydrogen-bond donors (Lipinski definition) is 1. The van der Waals surface area contributed by atoms with Gasteiger partial charge in [0, 0.05) is 69.9 Å². The van der Waals surface area contributed by atoms with E-state index in [9.17, 15) is 18.0 Å². The average Bonchev–Trinajstić information content (AvgIpc) is 3.35. The highest BCUT2D eigenvalue weighted by atomic mass is 19.4. The minimum atomic E-state index is -4.38. The molecule has 9 heteroatoms. The van der Waals surface area contributed by atoms with Gasteiger partial charge >= 0.3 is 6.18 Å². The Bertz CT molecular complexity index is 1310. The second-order valence-electron chi connectivity index (χ2n) is 10.9. The van der Waals surface area contributed by atoms with Crippen LogP contribution in [-0.2, 0) is 24.1 Å². The quantitative estimate of drug-likeness (QED) is 0.457. The van der Waals surface area contributed by atoms with Crippen LogP contribution in [0.1, 0.15) is 34.2 Å². The summed E-state index contributed by atoms with van der Waals surface area (Å²) in [5.41, 5.74) is 4.68.